The van der Waals surface area contributed by atoms with Crippen LogP contribution < -0.4 is 10.1 Å². The first-order valence-electron chi connectivity index (χ1n) is 8.59. The molecule has 1 fully saturated rings. The van der Waals surface area contributed by atoms with Crippen molar-refractivity contribution in [2.45, 2.75) is 19.5 Å². The Hall–Kier alpha value is -1.89. The lowest BCUT2D eigenvalue weighted by atomic mass is 10.2. The first kappa shape index (κ1) is 17.9. The molecule has 0 saturated carbocycles. The van der Waals surface area contributed by atoms with Crippen LogP contribution in [-0.4, -0.2) is 55.0 Å². The van der Waals surface area contributed by atoms with Crippen LogP contribution in [0.4, 0.5) is 5.69 Å². The van der Waals surface area contributed by atoms with E-state index in [-0.39, 0.29) is 11.9 Å². The number of benzene rings is 1. The molecule has 1 atom stereocenters. The van der Waals surface area contributed by atoms with Gasteiger partial charge in [0.2, 0.25) is 5.91 Å². The van der Waals surface area contributed by atoms with E-state index in [1.54, 1.807) is 18.4 Å². The number of piperazine rings is 1. The Labute approximate surface area is 153 Å². The summed E-state index contributed by atoms with van der Waals surface area (Å²) in [5.74, 6) is 0.824. The molecule has 0 aliphatic carbocycles. The number of carbonyl (C=O) groups is 1. The molecule has 1 aromatic heterocycles. The third-order valence-electron chi connectivity index (χ3n) is 4.65. The molecule has 5 nitrogen and oxygen atoms in total. The molecule has 0 radical (unpaired) electrons. The van der Waals surface area contributed by atoms with Crippen molar-refractivity contribution in [3.63, 3.8) is 0 Å². The molecule has 2 heterocycles. The lowest BCUT2D eigenvalue weighted by Gasteiger charge is -2.37. The molecule has 1 aliphatic heterocycles. The maximum absolute atomic E-state index is 12.5. The highest BCUT2D eigenvalue weighted by molar-refractivity contribution is 7.09. The number of hydrogen-bond acceptors (Lipinski definition) is 5. The van der Waals surface area contributed by atoms with Crippen LogP contribution in [0.2, 0.25) is 0 Å². The number of anilines is 1. The molecule has 6 heteroatoms. The number of hydrogen-bond donors (Lipinski definition) is 1. The van der Waals surface area contributed by atoms with Gasteiger partial charge in [-0.15, -0.1) is 11.3 Å². The van der Waals surface area contributed by atoms with E-state index in [0.717, 1.165) is 44.2 Å². The van der Waals surface area contributed by atoms with E-state index < -0.39 is 0 Å². The zero-order chi connectivity index (χ0) is 17.6. The number of thiophene rings is 1. The minimum absolute atomic E-state index is 0.0388. The fourth-order valence-electron chi connectivity index (χ4n) is 3.02. The van der Waals surface area contributed by atoms with Crippen LogP contribution in [0.15, 0.2) is 41.8 Å². The van der Waals surface area contributed by atoms with Crippen molar-refractivity contribution in [3.8, 4) is 5.75 Å². The van der Waals surface area contributed by atoms with Gasteiger partial charge in [0, 0.05) is 43.3 Å². The van der Waals surface area contributed by atoms with Gasteiger partial charge < -0.3 is 10.1 Å². The molecule has 0 bridgehead atoms. The van der Waals surface area contributed by atoms with Crippen molar-refractivity contribution in [1.82, 2.24) is 9.80 Å². The van der Waals surface area contributed by atoms with Gasteiger partial charge in [0.25, 0.3) is 0 Å². The van der Waals surface area contributed by atoms with Crippen LogP contribution >= 0.6 is 11.3 Å². The molecule has 0 unspecified atom stereocenters. The summed E-state index contributed by atoms with van der Waals surface area (Å²) in [7, 11) is 1.63. The average Bonchev–Trinajstić information content (AvgIpc) is 3.15. The summed E-state index contributed by atoms with van der Waals surface area (Å²) in [6.07, 6.45) is 0. The van der Waals surface area contributed by atoms with Gasteiger partial charge in [0.05, 0.1) is 13.2 Å². The standard InChI is InChI=1S/C19H25N3O2S/c1-15(19(23)20-16-5-7-17(24-2)8-6-16)22-11-9-21(10-12-22)14-18-4-3-13-25-18/h3-8,13,15H,9-12,14H2,1-2H3,(H,20,23)/t15-/m0/s1. The van der Waals surface area contributed by atoms with E-state index in [1.165, 1.54) is 4.88 Å². The molecule has 134 valence electrons. The molecule has 1 N–H and O–H groups in total. The minimum Gasteiger partial charge on any atom is -0.497 e. The summed E-state index contributed by atoms with van der Waals surface area (Å²) in [6.45, 7) is 6.83. The molecule has 1 aromatic carbocycles. The smallest absolute Gasteiger partial charge is 0.241 e. The van der Waals surface area contributed by atoms with Crippen molar-refractivity contribution in [1.29, 1.82) is 0 Å². The second kappa shape index (κ2) is 8.47. The van der Waals surface area contributed by atoms with Crippen molar-refractivity contribution in [3.05, 3.63) is 46.7 Å². The number of amides is 1. The zero-order valence-electron chi connectivity index (χ0n) is 14.8. The van der Waals surface area contributed by atoms with Crippen LogP contribution in [0.1, 0.15) is 11.8 Å². The van der Waals surface area contributed by atoms with Crippen molar-refractivity contribution in [2.75, 3.05) is 38.6 Å². The highest BCUT2D eigenvalue weighted by atomic mass is 32.1. The molecule has 1 saturated heterocycles. The predicted octanol–water partition coefficient (Wildman–Crippen LogP) is 2.90. The normalized spacial score (nSPS) is 17.2. The quantitative estimate of drug-likeness (QED) is 0.861. The van der Waals surface area contributed by atoms with Gasteiger partial charge in [-0.05, 0) is 42.6 Å². The summed E-state index contributed by atoms with van der Waals surface area (Å²) in [4.78, 5) is 18.6. The number of ether oxygens (including phenoxy) is 1. The monoisotopic (exact) mass is 359 g/mol. The second-order valence-electron chi connectivity index (χ2n) is 6.29. The Kier molecular flexibility index (Phi) is 6.07. The number of nitrogens with one attached hydrogen (secondary N) is 1. The van der Waals surface area contributed by atoms with Gasteiger partial charge in [-0.2, -0.15) is 0 Å². The Bertz CT molecular complexity index is 664. The van der Waals surface area contributed by atoms with E-state index in [1.807, 2.05) is 31.2 Å². The molecule has 0 spiro atoms. The zero-order valence-corrected chi connectivity index (χ0v) is 15.6. The predicted molar refractivity (Wildman–Crippen MR) is 102 cm³/mol. The molecule has 2 aromatic rings. The van der Waals surface area contributed by atoms with Crippen molar-refractivity contribution < 1.29 is 9.53 Å². The van der Waals surface area contributed by atoms with Crippen LogP contribution in [0.3, 0.4) is 0 Å². The number of carbonyl (C=O) groups excluding carboxylic acids is 1. The van der Waals surface area contributed by atoms with Crippen molar-refractivity contribution in [2.24, 2.45) is 0 Å². The Morgan fingerprint density at radius 1 is 1.20 bits per heavy atom. The number of nitrogens with zero attached hydrogens (tertiary/aromatic N) is 2. The lowest BCUT2D eigenvalue weighted by Crippen LogP contribution is -2.52. The van der Waals surface area contributed by atoms with E-state index >= 15 is 0 Å². The third kappa shape index (κ3) is 4.81. The molecule has 3 rings (SSSR count). The van der Waals surface area contributed by atoms with Crippen LogP contribution in [0, 0.1) is 0 Å². The Morgan fingerprint density at radius 3 is 2.52 bits per heavy atom. The Morgan fingerprint density at radius 2 is 1.92 bits per heavy atom. The second-order valence-corrected chi connectivity index (χ2v) is 7.32. The fourth-order valence-corrected chi connectivity index (χ4v) is 3.76. The van der Waals surface area contributed by atoms with Gasteiger partial charge in [0.1, 0.15) is 5.75 Å². The number of rotatable bonds is 6. The van der Waals surface area contributed by atoms with E-state index in [9.17, 15) is 4.79 Å². The average molecular weight is 359 g/mol. The largest absolute Gasteiger partial charge is 0.497 e. The summed E-state index contributed by atoms with van der Waals surface area (Å²) in [6, 6.07) is 11.6. The maximum atomic E-state index is 12.5. The number of methoxy groups -OCH3 is 1. The molecule has 1 aliphatic rings. The first-order chi connectivity index (χ1) is 12.2. The maximum Gasteiger partial charge on any atom is 0.241 e. The minimum atomic E-state index is -0.133. The van der Waals surface area contributed by atoms with E-state index in [0.29, 0.717) is 0 Å². The topological polar surface area (TPSA) is 44.8 Å². The third-order valence-corrected chi connectivity index (χ3v) is 5.51. The van der Waals surface area contributed by atoms with Crippen LogP contribution in [0.5, 0.6) is 5.75 Å². The highest BCUT2D eigenvalue weighted by Crippen LogP contribution is 2.17. The van der Waals surface area contributed by atoms with Crippen LogP contribution in [-0.2, 0) is 11.3 Å². The van der Waals surface area contributed by atoms with Gasteiger partial charge in [-0.1, -0.05) is 6.07 Å². The van der Waals surface area contributed by atoms with Crippen molar-refractivity contribution >= 4 is 22.9 Å². The molecular formula is C19H25N3O2S. The highest BCUT2D eigenvalue weighted by Gasteiger charge is 2.25. The lowest BCUT2D eigenvalue weighted by molar-refractivity contribution is -0.121. The summed E-state index contributed by atoms with van der Waals surface area (Å²) < 4.78 is 5.14. The van der Waals surface area contributed by atoms with Gasteiger partial charge in [-0.3, -0.25) is 14.6 Å². The summed E-state index contributed by atoms with van der Waals surface area (Å²) in [5, 5.41) is 5.11. The summed E-state index contributed by atoms with van der Waals surface area (Å²) >= 11 is 1.80. The van der Waals surface area contributed by atoms with E-state index in [2.05, 4.69) is 32.6 Å². The molecule has 1 amide bonds. The molecule has 25 heavy (non-hydrogen) atoms. The fraction of sp³-hybridized carbons (Fsp3) is 0.421. The first-order valence-corrected chi connectivity index (χ1v) is 9.47. The SMILES string of the molecule is COc1ccc(NC(=O)[C@H](C)N2CCN(Cc3cccs3)CC2)cc1. The Balaban J connectivity index is 1.47. The van der Waals surface area contributed by atoms with Gasteiger partial charge in [-0.25, -0.2) is 0 Å². The molecular weight excluding hydrogens is 334 g/mol. The van der Waals surface area contributed by atoms with E-state index in [4.69, 9.17) is 4.74 Å². The summed E-state index contributed by atoms with van der Waals surface area (Å²) in [5.41, 5.74) is 0.800. The van der Waals surface area contributed by atoms with Gasteiger partial charge in [0.15, 0.2) is 0 Å². The van der Waals surface area contributed by atoms with Gasteiger partial charge >= 0.3 is 0 Å². The van der Waals surface area contributed by atoms with Crippen LogP contribution in [0.25, 0.3) is 0 Å².